The second-order valence-electron chi connectivity index (χ2n) is 5.21. The molecule has 0 aliphatic carbocycles. The molecule has 2 heterocycles. The van der Waals surface area contributed by atoms with Crippen molar-refractivity contribution in [2.75, 3.05) is 13.4 Å². The van der Waals surface area contributed by atoms with E-state index in [1.165, 1.54) is 0 Å². The molecule has 2 saturated heterocycles. The van der Waals surface area contributed by atoms with Crippen LogP contribution in [0.15, 0.2) is 30.3 Å². The van der Waals surface area contributed by atoms with Gasteiger partial charge in [0.2, 0.25) is 6.10 Å². The van der Waals surface area contributed by atoms with Crippen molar-refractivity contribution in [1.82, 2.24) is 4.90 Å². The van der Waals surface area contributed by atoms with E-state index in [4.69, 9.17) is 9.47 Å². The normalized spacial score (nSPS) is 35.1. The number of β-lactam (4-membered cyclic amide) rings is 1. The Bertz CT molecular complexity index is 527. The molecule has 2 aliphatic heterocycles. The lowest BCUT2D eigenvalue weighted by atomic mass is 10.1. The number of carbonyl (C=O) groups excluding carboxylic acids is 1. The van der Waals surface area contributed by atoms with Crippen LogP contribution in [-0.4, -0.2) is 46.0 Å². The lowest BCUT2D eigenvalue weighted by Crippen LogP contribution is -2.77. The zero-order valence-corrected chi connectivity index (χ0v) is 13.9. The van der Waals surface area contributed by atoms with E-state index in [9.17, 15) is 4.79 Å². The molecule has 21 heavy (non-hydrogen) atoms. The number of amides is 1. The molecule has 4 atom stereocenters. The highest BCUT2D eigenvalue weighted by molar-refractivity contribution is 8.18. The first-order valence-electron chi connectivity index (χ1n) is 6.93. The maximum atomic E-state index is 12.5. The summed E-state index contributed by atoms with van der Waals surface area (Å²) in [6, 6.07) is 9.53. The second-order valence-corrected chi connectivity index (χ2v) is 8.16. The lowest BCUT2D eigenvalue weighted by Gasteiger charge is -2.60. The van der Waals surface area contributed by atoms with Gasteiger partial charge in [0, 0.05) is 18.8 Å². The van der Waals surface area contributed by atoms with Crippen LogP contribution in [0.2, 0.25) is 0 Å². The summed E-state index contributed by atoms with van der Waals surface area (Å²) in [4.78, 5) is 14.4. The molecule has 3 unspecified atom stereocenters. The van der Waals surface area contributed by atoms with Crippen molar-refractivity contribution >= 4 is 29.4 Å². The van der Waals surface area contributed by atoms with Crippen LogP contribution < -0.4 is 4.74 Å². The van der Waals surface area contributed by atoms with Gasteiger partial charge in [-0.1, -0.05) is 25.1 Å². The summed E-state index contributed by atoms with van der Waals surface area (Å²) in [7, 11) is 1.66. The standard InChI is InChI=1S/C15H19NO3S2/c1-10-9-12(18-2)16-14(17)13(15(16,20-3)21-10)19-11-7-5-4-6-8-11/h4-8,10,12-13H,9H2,1-3H3/t10?,12?,13?,15-/m1/s1. The van der Waals surface area contributed by atoms with E-state index in [2.05, 4.69) is 6.92 Å². The third kappa shape index (κ3) is 2.33. The first-order chi connectivity index (χ1) is 10.1. The molecule has 0 radical (unpaired) electrons. The van der Waals surface area contributed by atoms with Crippen molar-refractivity contribution in [1.29, 1.82) is 0 Å². The minimum atomic E-state index is -0.458. The van der Waals surface area contributed by atoms with Gasteiger partial charge >= 0.3 is 0 Å². The van der Waals surface area contributed by atoms with Crippen molar-refractivity contribution in [2.45, 2.75) is 35.1 Å². The number of hydrogen-bond acceptors (Lipinski definition) is 5. The van der Waals surface area contributed by atoms with Gasteiger partial charge in [-0.15, -0.1) is 23.5 Å². The summed E-state index contributed by atoms with van der Waals surface area (Å²) in [5.41, 5.74) is 0. The summed E-state index contributed by atoms with van der Waals surface area (Å²) in [6.07, 6.45) is 2.27. The van der Waals surface area contributed by atoms with Gasteiger partial charge in [0.25, 0.3) is 5.91 Å². The molecule has 1 aromatic rings. The Kier molecular flexibility index (Phi) is 4.12. The minimum Gasteiger partial charge on any atom is -0.476 e. The van der Waals surface area contributed by atoms with Crippen molar-refractivity contribution < 1.29 is 14.3 Å². The van der Waals surface area contributed by atoms with Crippen LogP contribution in [0.1, 0.15) is 13.3 Å². The van der Waals surface area contributed by atoms with Gasteiger partial charge in [-0.25, -0.2) is 0 Å². The van der Waals surface area contributed by atoms with Gasteiger partial charge in [0.05, 0.1) is 0 Å². The fraction of sp³-hybridized carbons (Fsp3) is 0.533. The molecular formula is C15H19NO3S2. The fourth-order valence-electron chi connectivity index (χ4n) is 2.90. The number of carbonyl (C=O) groups is 1. The molecule has 0 saturated carbocycles. The summed E-state index contributed by atoms with van der Waals surface area (Å²) < 4.78 is 11.1. The smallest absolute Gasteiger partial charge is 0.272 e. The van der Waals surface area contributed by atoms with Gasteiger partial charge in [-0.3, -0.25) is 9.69 Å². The fourth-order valence-corrected chi connectivity index (χ4v) is 5.97. The Morgan fingerprint density at radius 3 is 2.71 bits per heavy atom. The van der Waals surface area contributed by atoms with E-state index in [1.807, 2.05) is 41.5 Å². The lowest BCUT2D eigenvalue weighted by molar-refractivity contribution is -0.183. The summed E-state index contributed by atoms with van der Waals surface area (Å²) in [5, 5.41) is 0.425. The molecule has 114 valence electrons. The molecule has 1 amide bonds. The van der Waals surface area contributed by atoms with E-state index >= 15 is 0 Å². The van der Waals surface area contributed by atoms with Gasteiger partial charge in [-0.2, -0.15) is 0 Å². The first-order valence-corrected chi connectivity index (χ1v) is 9.03. The molecular weight excluding hydrogens is 306 g/mol. The monoisotopic (exact) mass is 325 g/mol. The van der Waals surface area contributed by atoms with Crippen LogP contribution in [0, 0.1) is 0 Å². The average Bonchev–Trinajstić information content (AvgIpc) is 2.52. The maximum absolute atomic E-state index is 12.5. The SMILES string of the molecule is COC1CC(C)S[C@]2(SC)C(Oc3ccccc3)C(=O)N12. The Morgan fingerprint density at radius 2 is 2.10 bits per heavy atom. The van der Waals surface area contributed by atoms with Crippen LogP contribution in [0.4, 0.5) is 0 Å². The van der Waals surface area contributed by atoms with Crippen LogP contribution in [-0.2, 0) is 9.53 Å². The van der Waals surface area contributed by atoms with Crippen molar-refractivity contribution in [3.05, 3.63) is 30.3 Å². The molecule has 0 spiro atoms. The van der Waals surface area contributed by atoms with E-state index in [-0.39, 0.29) is 16.3 Å². The molecule has 6 heteroatoms. The predicted octanol–water partition coefficient (Wildman–Crippen LogP) is 2.79. The Morgan fingerprint density at radius 1 is 1.38 bits per heavy atom. The minimum absolute atomic E-state index is 0.0134. The second kappa shape index (κ2) is 5.74. The number of rotatable bonds is 4. The number of hydrogen-bond donors (Lipinski definition) is 0. The Hall–Kier alpha value is -0.850. The van der Waals surface area contributed by atoms with E-state index in [0.29, 0.717) is 5.25 Å². The van der Waals surface area contributed by atoms with Crippen molar-refractivity contribution in [3.8, 4) is 5.75 Å². The highest BCUT2D eigenvalue weighted by Gasteiger charge is 2.67. The van der Waals surface area contributed by atoms with Gasteiger partial charge in [-0.05, 0) is 18.4 Å². The summed E-state index contributed by atoms with van der Waals surface area (Å²) in [6.45, 7) is 2.17. The highest BCUT2D eigenvalue weighted by Crippen LogP contribution is 2.57. The maximum Gasteiger partial charge on any atom is 0.272 e. The largest absolute Gasteiger partial charge is 0.476 e. The van der Waals surface area contributed by atoms with Crippen LogP contribution in [0.5, 0.6) is 5.75 Å². The number of nitrogens with zero attached hydrogens (tertiary/aromatic N) is 1. The van der Waals surface area contributed by atoms with Crippen molar-refractivity contribution in [3.63, 3.8) is 0 Å². The number of benzene rings is 1. The van der Waals surface area contributed by atoms with Crippen molar-refractivity contribution in [2.24, 2.45) is 0 Å². The number of para-hydroxylation sites is 1. The molecule has 0 N–H and O–H groups in total. The zero-order chi connectivity index (χ0) is 15.0. The summed E-state index contributed by atoms with van der Waals surface area (Å²) >= 11 is 3.46. The Balaban J connectivity index is 1.87. The van der Waals surface area contributed by atoms with Crippen LogP contribution in [0.3, 0.4) is 0 Å². The first kappa shape index (κ1) is 15.1. The zero-order valence-electron chi connectivity index (χ0n) is 12.3. The number of methoxy groups -OCH3 is 1. The molecule has 2 aliphatic rings. The topological polar surface area (TPSA) is 38.8 Å². The number of ether oxygens (including phenoxy) is 2. The van der Waals surface area contributed by atoms with E-state index in [0.717, 1.165) is 12.2 Å². The number of thioether (sulfide) groups is 2. The predicted molar refractivity (Wildman–Crippen MR) is 86.4 cm³/mol. The summed E-state index contributed by atoms with van der Waals surface area (Å²) in [5.74, 6) is 0.746. The third-order valence-corrected chi connectivity index (χ3v) is 7.01. The molecule has 3 rings (SSSR count). The third-order valence-electron chi connectivity index (χ3n) is 3.88. The molecule has 2 fully saturated rings. The van der Waals surface area contributed by atoms with Crippen LogP contribution >= 0.6 is 23.5 Å². The Labute approximate surface area is 133 Å². The average molecular weight is 325 g/mol. The molecule has 0 bridgehead atoms. The highest BCUT2D eigenvalue weighted by atomic mass is 32.2. The van der Waals surface area contributed by atoms with E-state index in [1.54, 1.807) is 30.6 Å². The molecule has 0 aromatic heterocycles. The number of fused-ring (bicyclic) bond motifs is 1. The van der Waals surface area contributed by atoms with Gasteiger partial charge < -0.3 is 9.47 Å². The van der Waals surface area contributed by atoms with Crippen LogP contribution in [0.25, 0.3) is 0 Å². The van der Waals surface area contributed by atoms with Gasteiger partial charge in [0.1, 0.15) is 12.0 Å². The quantitative estimate of drug-likeness (QED) is 0.796. The molecule has 1 aromatic carbocycles. The molecule has 4 nitrogen and oxygen atoms in total. The van der Waals surface area contributed by atoms with Gasteiger partial charge in [0.15, 0.2) is 4.20 Å². The van der Waals surface area contributed by atoms with E-state index < -0.39 is 6.10 Å².